The molecule has 0 spiro atoms. The highest BCUT2D eigenvalue weighted by molar-refractivity contribution is 7.99. The van der Waals surface area contributed by atoms with Gasteiger partial charge in [-0.15, -0.1) is 0 Å². The van der Waals surface area contributed by atoms with Crippen LogP contribution < -0.4 is 10.6 Å². The van der Waals surface area contributed by atoms with Crippen LogP contribution in [0.5, 0.6) is 0 Å². The molecule has 0 amide bonds. The molecule has 0 bridgehead atoms. The molecule has 0 aliphatic heterocycles. The van der Waals surface area contributed by atoms with Gasteiger partial charge in [-0.1, -0.05) is 24.8 Å². The average Bonchev–Trinajstić information content (AvgIpc) is 2.62. The third kappa shape index (κ3) is 8.49. The minimum Gasteiger partial charge on any atom is -0.354 e. The number of hydrogen-bond acceptors (Lipinski definition) is 10. The molecule has 29 heavy (non-hydrogen) atoms. The fraction of sp³-hybridized carbons (Fsp3) is 0.400. The summed E-state index contributed by atoms with van der Waals surface area (Å²) < 4.78 is 62.1. The second kappa shape index (κ2) is 10.2. The largest absolute Gasteiger partial charge is 0.354 e. The number of nitrogens with zero attached hydrogens (tertiary/aromatic N) is 3. The molecule has 0 saturated carbocycles. The predicted octanol–water partition coefficient (Wildman–Crippen LogP) is 2.05. The zero-order valence-corrected chi connectivity index (χ0v) is 17.9. The Hall–Kier alpha value is -2.00. The molecule has 0 unspecified atom stereocenters. The quantitative estimate of drug-likeness (QED) is 0.217. The van der Waals surface area contributed by atoms with Gasteiger partial charge < -0.3 is 10.6 Å². The fourth-order valence-electron chi connectivity index (χ4n) is 2.06. The van der Waals surface area contributed by atoms with Gasteiger partial charge >= 0.3 is 0 Å². The summed E-state index contributed by atoms with van der Waals surface area (Å²) in [5.41, 5.74) is 0.343. The lowest BCUT2D eigenvalue weighted by Gasteiger charge is -2.10. The first-order chi connectivity index (χ1) is 13.6. The third-order valence-corrected chi connectivity index (χ3v) is 5.90. The summed E-state index contributed by atoms with van der Waals surface area (Å²) in [4.78, 5) is 12.4. The lowest BCUT2D eigenvalue weighted by Crippen LogP contribution is -2.09. The lowest BCUT2D eigenvalue weighted by atomic mass is 10.3. The summed E-state index contributed by atoms with van der Waals surface area (Å²) in [7, 11) is -8.38. The Morgan fingerprint density at radius 3 is 2.45 bits per heavy atom. The maximum absolute atomic E-state index is 11.3. The number of rotatable bonds is 11. The predicted molar refractivity (Wildman–Crippen MR) is 110 cm³/mol. The fourth-order valence-corrected chi connectivity index (χ4v) is 4.05. The van der Waals surface area contributed by atoms with E-state index in [-0.39, 0.29) is 23.0 Å². The molecule has 0 atom stereocenters. The van der Waals surface area contributed by atoms with Crippen molar-refractivity contribution in [3.63, 3.8) is 0 Å². The monoisotopic (exact) mass is 463 g/mol. The van der Waals surface area contributed by atoms with Crippen molar-refractivity contribution in [2.75, 3.05) is 28.7 Å². The summed E-state index contributed by atoms with van der Waals surface area (Å²) in [6, 6.07) is 5.51. The molecule has 1 aromatic carbocycles. The second-order valence-corrected chi connectivity index (χ2v) is 9.86. The third-order valence-electron chi connectivity index (χ3n) is 3.31. The Morgan fingerprint density at radius 2 is 1.79 bits per heavy atom. The van der Waals surface area contributed by atoms with Crippen LogP contribution in [0.4, 0.5) is 17.6 Å². The normalized spacial score (nSPS) is 12.0. The molecular formula is C15H21N5O6S3. The van der Waals surface area contributed by atoms with Crippen LogP contribution in [-0.2, 0) is 20.2 Å². The molecule has 0 saturated heterocycles. The molecule has 1 aromatic heterocycles. The average molecular weight is 464 g/mol. The van der Waals surface area contributed by atoms with E-state index in [1.54, 1.807) is 6.07 Å². The number of hydrogen-bond donors (Lipinski definition) is 4. The van der Waals surface area contributed by atoms with Crippen molar-refractivity contribution in [1.82, 2.24) is 15.0 Å². The number of benzene rings is 1. The van der Waals surface area contributed by atoms with Gasteiger partial charge in [0.1, 0.15) is 0 Å². The Bertz CT molecular complexity index is 1050. The maximum atomic E-state index is 11.3. The van der Waals surface area contributed by atoms with E-state index in [4.69, 9.17) is 4.55 Å². The van der Waals surface area contributed by atoms with Crippen molar-refractivity contribution in [2.24, 2.45) is 0 Å². The minimum absolute atomic E-state index is 0.142. The van der Waals surface area contributed by atoms with Gasteiger partial charge in [0.2, 0.25) is 11.9 Å². The van der Waals surface area contributed by atoms with E-state index in [0.29, 0.717) is 29.1 Å². The van der Waals surface area contributed by atoms with Gasteiger partial charge in [0.05, 0.1) is 10.6 Å². The van der Waals surface area contributed by atoms with Crippen molar-refractivity contribution in [2.45, 2.75) is 29.8 Å². The molecular weight excluding hydrogens is 442 g/mol. The molecule has 2 aromatic rings. The van der Waals surface area contributed by atoms with Crippen molar-refractivity contribution < 1.29 is 25.9 Å². The highest BCUT2D eigenvalue weighted by atomic mass is 32.2. The zero-order chi connectivity index (χ0) is 21.5. The van der Waals surface area contributed by atoms with E-state index in [2.05, 4.69) is 25.6 Å². The first kappa shape index (κ1) is 23.3. The summed E-state index contributed by atoms with van der Waals surface area (Å²) >= 11 is 1.19. The van der Waals surface area contributed by atoms with Gasteiger partial charge in [-0.25, -0.2) is 0 Å². The molecule has 0 aliphatic carbocycles. The van der Waals surface area contributed by atoms with Crippen LogP contribution in [0.2, 0.25) is 0 Å². The summed E-state index contributed by atoms with van der Waals surface area (Å²) in [6.45, 7) is 2.59. The number of anilines is 3. The molecule has 1 heterocycles. The van der Waals surface area contributed by atoms with Crippen LogP contribution in [-0.4, -0.2) is 58.9 Å². The maximum Gasteiger partial charge on any atom is 0.294 e. The molecule has 11 nitrogen and oxygen atoms in total. The van der Waals surface area contributed by atoms with Crippen LogP contribution in [0.3, 0.4) is 0 Å². The van der Waals surface area contributed by atoms with Crippen LogP contribution in [0.25, 0.3) is 0 Å². The standard InChI is InChI=1S/C15H21N5O6S3/c1-2-7-16-13-18-14(17-11-5-3-6-12(10-11)29(24,25)26)20-15(19-13)27-8-4-9-28(21,22)23/h3,5-6,10H,2,4,7-9H2,1H3,(H,21,22,23)(H,24,25,26)(H2,16,17,18,19,20). The molecule has 160 valence electrons. The van der Waals surface area contributed by atoms with Crippen molar-refractivity contribution in [3.05, 3.63) is 24.3 Å². The van der Waals surface area contributed by atoms with Crippen molar-refractivity contribution in [3.8, 4) is 0 Å². The van der Waals surface area contributed by atoms with Gasteiger partial charge in [-0.3, -0.25) is 9.11 Å². The smallest absolute Gasteiger partial charge is 0.294 e. The van der Waals surface area contributed by atoms with E-state index >= 15 is 0 Å². The molecule has 0 fully saturated rings. The molecule has 4 N–H and O–H groups in total. The Morgan fingerprint density at radius 1 is 1.07 bits per heavy atom. The lowest BCUT2D eigenvalue weighted by molar-refractivity contribution is 0.480. The molecule has 0 aliphatic rings. The van der Waals surface area contributed by atoms with E-state index in [1.165, 1.54) is 30.0 Å². The molecule has 2 rings (SSSR count). The number of thioether (sulfide) groups is 1. The van der Waals surface area contributed by atoms with Gasteiger partial charge in [0, 0.05) is 18.0 Å². The summed E-state index contributed by atoms with van der Waals surface area (Å²) in [5, 5.41) is 6.21. The molecule has 14 heteroatoms. The topological polar surface area (TPSA) is 171 Å². The minimum atomic E-state index is -4.35. The van der Waals surface area contributed by atoms with E-state index in [9.17, 15) is 21.4 Å². The van der Waals surface area contributed by atoms with E-state index in [1.807, 2.05) is 6.92 Å². The highest BCUT2D eigenvalue weighted by Gasteiger charge is 2.12. The Labute approximate surface area is 173 Å². The van der Waals surface area contributed by atoms with Gasteiger partial charge in [0.25, 0.3) is 20.2 Å². The van der Waals surface area contributed by atoms with E-state index in [0.717, 1.165) is 6.42 Å². The summed E-state index contributed by atoms with van der Waals surface area (Å²) in [6.07, 6.45) is 1.05. The van der Waals surface area contributed by atoms with Crippen molar-refractivity contribution in [1.29, 1.82) is 0 Å². The van der Waals surface area contributed by atoms with Crippen LogP contribution in [0.15, 0.2) is 34.3 Å². The van der Waals surface area contributed by atoms with Crippen LogP contribution in [0, 0.1) is 0 Å². The molecule has 0 radical (unpaired) electrons. The Kier molecular flexibility index (Phi) is 8.15. The summed E-state index contributed by atoms with van der Waals surface area (Å²) in [5.74, 6) is 0.435. The Balaban J connectivity index is 2.19. The number of nitrogens with one attached hydrogen (secondary N) is 2. The van der Waals surface area contributed by atoms with Crippen molar-refractivity contribution >= 4 is 49.6 Å². The first-order valence-electron chi connectivity index (χ1n) is 8.49. The van der Waals surface area contributed by atoms with Gasteiger partial charge in [0.15, 0.2) is 5.16 Å². The zero-order valence-electron chi connectivity index (χ0n) is 15.4. The van der Waals surface area contributed by atoms with Gasteiger partial charge in [-0.2, -0.15) is 31.8 Å². The number of aromatic nitrogens is 3. The highest BCUT2D eigenvalue weighted by Crippen LogP contribution is 2.22. The van der Waals surface area contributed by atoms with E-state index < -0.39 is 20.2 Å². The van der Waals surface area contributed by atoms with Crippen LogP contribution >= 0.6 is 11.8 Å². The first-order valence-corrected chi connectivity index (χ1v) is 12.5. The van der Waals surface area contributed by atoms with Gasteiger partial charge in [-0.05, 0) is 31.0 Å². The second-order valence-electron chi connectivity index (χ2n) is 5.81. The SMILES string of the molecule is CCCNc1nc(Nc2cccc(S(=O)(=O)O)c2)nc(SCCCS(=O)(=O)O)n1. The van der Waals surface area contributed by atoms with Crippen LogP contribution in [0.1, 0.15) is 19.8 Å².